The van der Waals surface area contributed by atoms with Gasteiger partial charge in [-0.05, 0) is 37.6 Å². The van der Waals surface area contributed by atoms with E-state index in [9.17, 15) is 4.79 Å². The summed E-state index contributed by atoms with van der Waals surface area (Å²) >= 11 is 0. The normalized spacial score (nSPS) is 19.7. The first-order chi connectivity index (χ1) is 13.3. The average Bonchev–Trinajstić information content (AvgIpc) is 3.04. The molecule has 0 bridgehead atoms. The highest BCUT2D eigenvalue weighted by Gasteiger charge is 2.30. The first-order valence-electron chi connectivity index (χ1n) is 9.66. The number of para-hydroxylation sites is 2. The van der Waals surface area contributed by atoms with Crippen LogP contribution in [0, 0.1) is 0 Å². The molecule has 0 aromatic heterocycles. The molecule has 1 atom stereocenters. The summed E-state index contributed by atoms with van der Waals surface area (Å²) in [7, 11) is 1.73. The van der Waals surface area contributed by atoms with Crippen LogP contribution in [0.3, 0.4) is 0 Å². The molecule has 0 aliphatic carbocycles. The lowest BCUT2D eigenvalue weighted by molar-refractivity contribution is 0.0358. The van der Waals surface area contributed by atoms with Crippen LogP contribution in [0.2, 0.25) is 0 Å². The van der Waals surface area contributed by atoms with Gasteiger partial charge in [-0.3, -0.25) is 4.90 Å². The Morgan fingerprint density at radius 1 is 1.04 bits per heavy atom. The summed E-state index contributed by atoms with van der Waals surface area (Å²) in [6.45, 7) is 5.12. The van der Waals surface area contributed by atoms with Crippen molar-refractivity contribution in [3.8, 4) is 5.75 Å². The second-order valence-corrected chi connectivity index (χ2v) is 7.12. The molecule has 1 fully saturated rings. The number of piperazine rings is 1. The Kier molecular flexibility index (Phi) is 5.30. The van der Waals surface area contributed by atoms with E-state index in [1.165, 1.54) is 5.69 Å². The Balaban J connectivity index is 1.25. The number of rotatable bonds is 6. The molecule has 1 saturated heterocycles. The van der Waals surface area contributed by atoms with E-state index in [2.05, 4.69) is 21.9 Å². The van der Waals surface area contributed by atoms with Crippen molar-refractivity contribution in [2.24, 2.45) is 0 Å². The topological polar surface area (TPSA) is 42.0 Å². The Hall–Kier alpha value is -2.53. The van der Waals surface area contributed by atoms with E-state index in [-0.39, 0.29) is 12.1 Å². The highest BCUT2D eigenvalue weighted by Crippen LogP contribution is 2.33. The molecule has 1 unspecified atom stereocenters. The molecular weight excluding hydrogens is 340 g/mol. The molecule has 0 radical (unpaired) electrons. The number of fused-ring (bicyclic) bond motifs is 1. The molecule has 5 heteroatoms. The van der Waals surface area contributed by atoms with Crippen LogP contribution in [0.5, 0.6) is 5.75 Å². The Morgan fingerprint density at radius 3 is 2.59 bits per heavy atom. The van der Waals surface area contributed by atoms with Crippen molar-refractivity contribution in [3.05, 3.63) is 59.7 Å². The molecule has 0 spiro atoms. The summed E-state index contributed by atoms with van der Waals surface area (Å²) < 4.78 is 11.0. The maximum atomic E-state index is 11.9. The summed E-state index contributed by atoms with van der Waals surface area (Å²) in [6.07, 6.45) is 1.83. The lowest BCUT2D eigenvalue weighted by Crippen LogP contribution is -2.46. The van der Waals surface area contributed by atoms with Crippen molar-refractivity contribution in [2.45, 2.75) is 18.9 Å². The summed E-state index contributed by atoms with van der Waals surface area (Å²) in [6, 6.07) is 15.9. The van der Waals surface area contributed by atoms with Crippen molar-refractivity contribution in [2.75, 3.05) is 44.7 Å². The number of hydrogen-bond acceptors (Lipinski definition) is 5. The number of benzene rings is 2. The van der Waals surface area contributed by atoms with Gasteiger partial charge in [0.2, 0.25) is 0 Å². The summed E-state index contributed by atoms with van der Waals surface area (Å²) in [5.41, 5.74) is 2.95. The molecule has 2 heterocycles. The van der Waals surface area contributed by atoms with Gasteiger partial charge in [-0.15, -0.1) is 0 Å². The number of carbonyl (C=O) groups is 1. The van der Waals surface area contributed by atoms with Crippen molar-refractivity contribution < 1.29 is 14.3 Å². The summed E-state index contributed by atoms with van der Waals surface area (Å²) in [4.78, 5) is 16.8. The van der Waals surface area contributed by atoms with Gasteiger partial charge in [-0.1, -0.05) is 30.3 Å². The third-order valence-corrected chi connectivity index (χ3v) is 5.52. The zero-order valence-electron chi connectivity index (χ0n) is 15.8. The molecular formula is C22H26N2O3. The standard InChI is InChI=1S/C22H26N2O3/c1-26-21-10-5-4-9-19(21)24-15-13-23(14-16-24)12-6-11-20-17-7-2-3-8-18(17)22(25)27-20/h2-5,7-10,20H,6,11-16H2,1H3. The van der Waals surface area contributed by atoms with E-state index < -0.39 is 0 Å². The minimum atomic E-state index is -0.180. The third kappa shape index (κ3) is 3.78. The molecule has 2 aromatic rings. The van der Waals surface area contributed by atoms with E-state index in [1.807, 2.05) is 36.4 Å². The van der Waals surface area contributed by atoms with Gasteiger partial charge in [0.1, 0.15) is 11.9 Å². The van der Waals surface area contributed by atoms with Crippen molar-refractivity contribution in [1.29, 1.82) is 0 Å². The molecule has 2 aliphatic rings. The van der Waals surface area contributed by atoms with Crippen LogP contribution < -0.4 is 9.64 Å². The van der Waals surface area contributed by atoms with E-state index in [0.717, 1.165) is 62.4 Å². The number of methoxy groups -OCH3 is 1. The van der Waals surface area contributed by atoms with Gasteiger partial charge in [0.05, 0.1) is 18.4 Å². The number of carbonyl (C=O) groups excluding carboxylic acids is 1. The molecule has 0 N–H and O–H groups in total. The fourth-order valence-electron chi connectivity index (χ4n) is 4.04. The Bertz CT molecular complexity index is 800. The van der Waals surface area contributed by atoms with Crippen LogP contribution >= 0.6 is 0 Å². The first-order valence-corrected chi connectivity index (χ1v) is 9.66. The highest BCUT2D eigenvalue weighted by molar-refractivity contribution is 5.93. The number of esters is 1. The van der Waals surface area contributed by atoms with E-state index in [0.29, 0.717) is 0 Å². The smallest absolute Gasteiger partial charge is 0.339 e. The third-order valence-electron chi connectivity index (χ3n) is 5.52. The van der Waals surface area contributed by atoms with Gasteiger partial charge in [0.15, 0.2) is 0 Å². The van der Waals surface area contributed by atoms with Crippen LogP contribution in [0.1, 0.15) is 34.9 Å². The van der Waals surface area contributed by atoms with Gasteiger partial charge in [-0.25, -0.2) is 4.79 Å². The zero-order valence-corrected chi connectivity index (χ0v) is 15.8. The van der Waals surface area contributed by atoms with Gasteiger partial charge in [0, 0.05) is 31.7 Å². The van der Waals surface area contributed by atoms with Gasteiger partial charge >= 0.3 is 5.97 Å². The lowest BCUT2D eigenvalue weighted by Gasteiger charge is -2.36. The van der Waals surface area contributed by atoms with Crippen LogP contribution in [0.4, 0.5) is 5.69 Å². The van der Waals surface area contributed by atoms with E-state index >= 15 is 0 Å². The summed E-state index contributed by atoms with van der Waals surface area (Å²) in [5, 5.41) is 0. The fraction of sp³-hybridized carbons (Fsp3) is 0.409. The molecule has 2 aliphatic heterocycles. The number of nitrogens with zero attached hydrogens (tertiary/aromatic N) is 2. The van der Waals surface area contributed by atoms with Crippen molar-refractivity contribution in [1.82, 2.24) is 4.90 Å². The molecule has 0 saturated carbocycles. The molecule has 4 rings (SSSR count). The minimum absolute atomic E-state index is 0.0800. The highest BCUT2D eigenvalue weighted by atomic mass is 16.5. The Morgan fingerprint density at radius 2 is 1.78 bits per heavy atom. The second kappa shape index (κ2) is 8.01. The predicted molar refractivity (Wildman–Crippen MR) is 105 cm³/mol. The molecule has 0 amide bonds. The largest absolute Gasteiger partial charge is 0.495 e. The second-order valence-electron chi connectivity index (χ2n) is 7.12. The van der Waals surface area contributed by atoms with Crippen LogP contribution in [-0.4, -0.2) is 50.7 Å². The maximum Gasteiger partial charge on any atom is 0.339 e. The van der Waals surface area contributed by atoms with Crippen LogP contribution in [-0.2, 0) is 4.74 Å². The van der Waals surface area contributed by atoms with Gasteiger partial charge in [0.25, 0.3) is 0 Å². The first kappa shape index (κ1) is 17.9. The SMILES string of the molecule is COc1ccccc1N1CCN(CCCC2OC(=O)c3ccccc32)CC1. The minimum Gasteiger partial charge on any atom is -0.495 e. The lowest BCUT2D eigenvalue weighted by atomic mass is 10.0. The quantitative estimate of drug-likeness (QED) is 0.732. The van der Waals surface area contributed by atoms with Gasteiger partial charge in [-0.2, -0.15) is 0 Å². The predicted octanol–water partition coefficient (Wildman–Crippen LogP) is 3.51. The number of anilines is 1. The molecule has 27 heavy (non-hydrogen) atoms. The molecule has 142 valence electrons. The van der Waals surface area contributed by atoms with Gasteiger partial charge < -0.3 is 14.4 Å². The fourth-order valence-corrected chi connectivity index (χ4v) is 4.04. The summed E-state index contributed by atoms with van der Waals surface area (Å²) in [5.74, 6) is 0.758. The van der Waals surface area contributed by atoms with E-state index in [4.69, 9.17) is 9.47 Å². The van der Waals surface area contributed by atoms with Crippen molar-refractivity contribution in [3.63, 3.8) is 0 Å². The number of ether oxygens (including phenoxy) is 2. The Labute approximate surface area is 160 Å². The van der Waals surface area contributed by atoms with Crippen LogP contribution in [0.15, 0.2) is 48.5 Å². The zero-order chi connectivity index (χ0) is 18.6. The van der Waals surface area contributed by atoms with Crippen molar-refractivity contribution >= 4 is 11.7 Å². The van der Waals surface area contributed by atoms with E-state index in [1.54, 1.807) is 7.11 Å². The van der Waals surface area contributed by atoms with Crippen LogP contribution in [0.25, 0.3) is 0 Å². The average molecular weight is 366 g/mol. The number of hydrogen-bond donors (Lipinski definition) is 0. The monoisotopic (exact) mass is 366 g/mol. The molecule has 2 aromatic carbocycles. The molecule has 5 nitrogen and oxygen atoms in total. The maximum absolute atomic E-state index is 11.9. The number of cyclic esters (lactones) is 1.